The lowest BCUT2D eigenvalue weighted by molar-refractivity contribution is 0.312. The molecule has 1 aromatic rings. The van der Waals surface area contributed by atoms with Gasteiger partial charge < -0.3 is 20.0 Å². The molecule has 1 atom stereocenters. The third-order valence-electron chi connectivity index (χ3n) is 6.54. The van der Waals surface area contributed by atoms with E-state index in [2.05, 4.69) is 63.0 Å². The number of aliphatic imine (C=N–C) groups is 1. The number of hydrogen-bond acceptors (Lipinski definition) is 4. The molecule has 0 saturated carbocycles. The van der Waals surface area contributed by atoms with Crippen LogP contribution in [0, 0.1) is 11.8 Å². The molecule has 1 unspecified atom stereocenters. The predicted molar refractivity (Wildman–Crippen MR) is 133 cm³/mol. The summed E-state index contributed by atoms with van der Waals surface area (Å²) >= 11 is 0. The Morgan fingerprint density at radius 3 is 2.59 bits per heavy atom. The van der Waals surface area contributed by atoms with E-state index in [0.29, 0.717) is 0 Å². The summed E-state index contributed by atoms with van der Waals surface area (Å²) in [5, 5.41) is 3.58. The van der Waals surface area contributed by atoms with Crippen LogP contribution in [-0.4, -0.2) is 74.1 Å². The number of likely N-dealkylation sites (tertiary alicyclic amines) is 1. The van der Waals surface area contributed by atoms with Crippen LogP contribution in [0.15, 0.2) is 23.3 Å². The first-order valence-corrected chi connectivity index (χ1v) is 11.0. The maximum atomic E-state index is 4.60. The average molecular weight is 515 g/mol. The van der Waals surface area contributed by atoms with E-state index < -0.39 is 0 Å². The van der Waals surface area contributed by atoms with Gasteiger partial charge in [0.05, 0.1) is 0 Å². The minimum absolute atomic E-state index is 0. The summed E-state index contributed by atoms with van der Waals surface area (Å²) in [5.41, 5.74) is 1.26. The van der Waals surface area contributed by atoms with Crippen LogP contribution >= 0.6 is 24.0 Å². The topological polar surface area (TPSA) is 47.0 Å². The SMILES string of the molecule is CCC(CC)C1CCN(C(=NC)NCc2ccnc(N3CCN(C)CC3)c2)C1.I. The second-order valence-electron chi connectivity index (χ2n) is 8.28. The maximum Gasteiger partial charge on any atom is 0.193 e. The van der Waals surface area contributed by atoms with Crippen molar-refractivity contribution in [2.75, 3.05) is 58.3 Å². The van der Waals surface area contributed by atoms with Gasteiger partial charge in [-0.2, -0.15) is 0 Å². The lowest BCUT2D eigenvalue weighted by Gasteiger charge is -2.33. The summed E-state index contributed by atoms with van der Waals surface area (Å²) in [5.74, 6) is 3.77. The van der Waals surface area contributed by atoms with Crippen LogP contribution < -0.4 is 10.2 Å². The zero-order chi connectivity index (χ0) is 19.9. The Balaban J connectivity index is 0.00000300. The highest BCUT2D eigenvalue weighted by atomic mass is 127. The van der Waals surface area contributed by atoms with E-state index in [0.717, 1.165) is 69.4 Å². The van der Waals surface area contributed by atoms with Gasteiger partial charge in [0.2, 0.25) is 0 Å². The molecule has 2 aliphatic heterocycles. The number of pyridine rings is 1. The first-order valence-electron chi connectivity index (χ1n) is 11.0. The standard InChI is InChI=1S/C22H38N6.HI/c1-5-19(6-2)20-8-10-28(17-20)22(23-3)25-16-18-7-9-24-21(15-18)27-13-11-26(4)12-14-27;/h7,9,15,19-20H,5-6,8,10-14,16-17H2,1-4H3,(H,23,25);1H. The molecule has 0 aliphatic carbocycles. The Labute approximate surface area is 194 Å². The number of anilines is 1. The molecule has 2 aliphatic rings. The number of aromatic nitrogens is 1. The number of nitrogens with one attached hydrogen (secondary N) is 1. The van der Waals surface area contributed by atoms with E-state index >= 15 is 0 Å². The Bertz CT molecular complexity index is 640. The van der Waals surface area contributed by atoms with Crippen molar-refractivity contribution in [2.24, 2.45) is 16.8 Å². The van der Waals surface area contributed by atoms with Crippen molar-refractivity contribution in [3.8, 4) is 0 Å². The zero-order valence-corrected chi connectivity index (χ0v) is 20.9. The van der Waals surface area contributed by atoms with Gasteiger partial charge in [-0.05, 0) is 43.0 Å². The summed E-state index contributed by atoms with van der Waals surface area (Å²) < 4.78 is 0. The molecule has 164 valence electrons. The minimum Gasteiger partial charge on any atom is -0.354 e. The van der Waals surface area contributed by atoms with E-state index in [4.69, 9.17) is 0 Å². The van der Waals surface area contributed by atoms with E-state index in [9.17, 15) is 0 Å². The van der Waals surface area contributed by atoms with Crippen LogP contribution in [0.4, 0.5) is 5.82 Å². The van der Waals surface area contributed by atoms with Gasteiger partial charge >= 0.3 is 0 Å². The van der Waals surface area contributed by atoms with Crippen molar-refractivity contribution >= 4 is 35.8 Å². The van der Waals surface area contributed by atoms with Crippen molar-refractivity contribution in [1.82, 2.24) is 20.1 Å². The van der Waals surface area contributed by atoms with Crippen molar-refractivity contribution in [3.63, 3.8) is 0 Å². The molecule has 0 radical (unpaired) electrons. The van der Waals surface area contributed by atoms with Crippen molar-refractivity contribution in [3.05, 3.63) is 23.9 Å². The predicted octanol–water partition coefficient (Wildman–Crippen LogP) is 3.28. The van der Waals surface area contributed by atoms with Gasteiger partial charge in [-0.1, -0.05) is 26.7 Å². The van der Waals surface area contributed by atoms with Gasteiger partial charge in [0, 0.05) is 59.1 Å². The molecule has 29 heavy (non-hydrogen) atoms. The van der Waals surface area contributed by atoms with Gasteiger partial charge in [0.25, 0.3) is 0 Å². The lowest BCUT2D eigenvalue weighted by Crippen LogP contribution is -2.44. The highest BCUT2D eigenvalue weighted by molar-refractivity contribution is 14.0. The molecule has 3 heterocycles. The Morgan fingerprint density at radius 1 is 1.21 bits per heavy atom. The number of halogens is 1. The molecular formula is C22H39IN6. The molecule has 1 aromatic heterocycles. The third-order valence-corrected chi connectivity index (χ3v) is 6.54. The number of hydrogen-bond donors (Lipinski definition) is 1. The van der Waals surface area contributed by atoms with E-state index in [1.807, 2.05) is 13.2 Å². The fourth-order valence-corrected chi connectivity index (χ4v) is 4.61. The van der Waals surface area contributed by atoms with Gasteiger partial charge in [0.15, 0.2) is 5.96 Å². The van der Waals surface area contributed by atoms with Crippen LogP contribution in [0.3, 0.4) is 0 Å². The maximum absolute atomic E-state index is 4.60. The Hall–Kier alpha value is -1.09. The van der Waals surface area contributed by atoms with Crippen LogP contribution in [-0.2, 0) is 6.54 Å². The summed E-state index contributed by atoms with van der Waals surface area (Å²) in [7, 11) is 4.08. The number of likely N-dealkylation sites (N-methyl/N-ethyl adjacent to an activating group) is 1. The largest absolute Gasteiger partial charge is 0.354 e. The fourth-order valence-electron chi connectivity index (χ4n) is 4.61. The minimum atomic E-state index is 0. The average Bonchev–Trinajstić information content (AvgIpc) is 3.20. The molecule has 0 spiro atoms. The highest BCUT2D eigenvalue weighted by Crippen LogP contribution is 2.28. The lowest BCUT2D eigenvalue weighted by atomic mass is 9.87. The molecule has 2 fully saturated rings. The molecule has 3 rings (SSSR count). The number of piperazine rings is 1. The summed E-state index contributed by atoms with van der Waals surface area (Å²) in [6.45, 7) is 12.0. The number of rotatable bonds is 6. The molecule has 0 amide bonds. The van der Waals surface area contributed by atoms with Gasteiger partial charge in [-0.3, -0.25) is 4.99 Å². The van der Waals surface area contributed by atoms with Crippen molar-refractivity contribution < 1.29 is 0 Å². The molecule has 2 saturated heterocycles. The van der Waals surface area contributed by atoms with Gasteiger partial charge in [-0.25, -0.2) is 4.98 Å². The second-order valence-corrected chi connectivity index (χ2v) is 8.28. The van der Waals surface area contributed by atoms with Crippen LogP contribution in [0.1, 0.15) is 38.7 Å². The smallest absolute Gasteiger partial charge is 0.193 e. The van der Waals surface area contributed by atoms with Crippen molar-refractivity contribution in [2.45, 2.75) is 39.7 Å². The highest BCUT2D eigenvalue weighted by Gasteiger charge is 2.29. The van der Waals surface area contributed by atoms with E-state index in [1.54, 1.807) is 0 Å². The monoisotopic (exact) mass is 514 g/mol. The Kier molecular flexibility index (Phi) is 9.95. The molecule has 0 aromatic carbocycles. The normalized spacial score (nSPS) is 20.9. The Morgan fingerprint density at radius 2 is 1.93 bits per heavy atom. The molecule has 7 heteroatoms. The fraction of sp³-hybridized carbons (Fsp3) is 0.727. The molecule has 6 nitrogen and oxygen atoms in total. The van der Waals surface area contributed by atoms with Crippen LogP contribution in [0.25, 0.3) is 0 Å². The molecule has 0 bridgehead atoms. The summed E-state index contributed by atoms with van der Waals surface area (Å²) in [4.78, 5) is 16.3. The van der Waals surface area contributed by atoms with E-state index in [-0.39, 0.29) is 24.0 Å². The first-order chi connectivity index (χ1) is 13.6. The number of guanidine groups is 1. The summed E-state index contributed by atoms with van der Waals surface area (Å²) in [6.07, 6.45) is 5.79. The first kappa shape index (κ1) is 24.2. The third kappa shape index (κ3) is 6.44. The van der Waals surface area contributed by atoms with Crippen LogP contribution in [0.5, 0.6) is 0 Å². The zero-order valence-electron chi connectivity index (χ0n) is 18.6. The van der Waals surface area contributed by atoms with Crippen LogP contribution in [0.2, 0.25) is 0 Å². The molecular weight excluding hydrogens is 475 g/mol. The quantitative estimate of drug-likeness (QED) is 0.359. The van der Waals surface area contributed by atoms with Gasteiger partial charge in [-0.15, -0.1) is 24.0 Å². The molecule has 1 N–H and O–H groups in total. The van der Waals surface area contributed by atoms with Gasteiger partial charge in [0.1, 0.15) is 5.82 Å². The second kappa shape index (κ2) is 11.9. The van der Waals surface area contributed by atoms with Crippen molar-refractivity contribution in [1.29, 1.82) is 0 Å². The summed E-state index contributed by atoms with van der Waals surface area (Å²) in [6, 6.07) is 4.33. The van der Waals surface area contributed by atoms with E-state index in [1.165, 1.54) is 24.8 Å². The number of nitrogens with zero attached hydrogens (tertiary/aromatic N) is 5.